The second-order valence-electron chi connectivity index (χ2n) is 7.44. The van der Waals surface area contributed by atoms with Crippen molar-refractivity contribution in [3.63, 3.8) is 0 Å². The number of nitrogens with two attached hydrogens (primary N) is 1. The summed E-state index contributed by atoms with van der Waals surface area (Å²) in [4.78, 5) is 17.8. The van der Waals surface area contributed by atoms with E-state index in [4.69, 9.17) is 5.84 Å². The summed E-state index contributed by atoms with van der Waals surface area (Å²) in [5, 5.41) is 15.9. The molecule has 1 amide bonds. The highest BCUT2D eigenvalue weighted by atomic mass is 16.1. The average molecular weight is 431 g/mol. The number of aromatic nitrogens is 1. The maximum Gasteiger partial charge on any atom is 0.257 e. The smallest absolute Gasteiger partial charge is 0.257 e. The molecule has 0 aliphatic rings. The molecule has 0 radical (unpaired) electrons. The fourth-order valence-corrected chi connectivity index (χ4v) is 3.58. The first-order valence-electron chi connectivity index (χ1n) is 10.3. The van der Waals surface area contributed by atoms with Crippen LogP contribution >= 0.6 is 0 Å². The van der Waals surface area contributed by atoms with Crippen LogP contribution in [0.15, 0.2) is 90.0 Å². The monoisotopic (exact) mass is 431 g/mol. The zero-order valence-electron chi connectivity index (χ0n) is 18.0. The second-order valence-corrected chi connectivity index (χ2v) is 7.44. The van der Waals surface area contributed by atoms with Crippen LogP contribution in [0.25, 0.3) is 22.4 Å². The predicted molar refractivity (Wildman–Crippen MR) is 131 cm³/mol. The molecule has 0 bridgehead atoms. The van der Waals surface area contributed by atoms with Gasteiger partial charge in [-0.05, 0) is 60.0 Å². The Hall–Kier alpha value is -4.76. The van der Waals surface area contributed by atoms with Gasteiger partial charge in [-0.3, -0.25) is 9.78 Å². The molecular weight excluding hydrogens is 410 g/mol. The van der Waals surface area contributed by atoms with Crippen LogP contribution in [0.2, 0.25) is 0 Å². The van der Waals surface area contributed by atoms with Gasteiger partial charge in [-0.2, -0.15) is 10.4 Å². The molecule has 33 heavy (non-hydrogen) atoms. The van der Waals surface area contributed by atoms with Crippen molar-refractivity contribution in [1.29, 1.82) is 5.26 Å². The summed E-state index contributed by atoms with van der Waals surface area (Å²) in [5.74, 6) is 5.01. The molecule has 6 heteroatoms. The van der Waals surface area contributed by atoms with Crippen LogP contribution in [-0.2, 0) is 0 Å². The van der Waals surface area contributed by atoms with E-state index in [0.717, 1.165) is 27.9 Å². The van der Waals surface area contributed by atoms with E-state index in [9.17, 15) is 10.1 Å². The lowest BCUT2D eigenvalue weighted by Gasteiger charge is -2.12. The van der Waals surface area contributed by atoms with E-state index in [1.165, 1.54) is 0 Å². The van der Waals surface area contributed by atoms with Crippen LogP contribution in [0.4, 0.5) is 5.69 Å². The maximum atomic E-state index is 13.1. The fraction of sp³-hybridized carbons (Fsp3) is 0.0370. The molecule has 0 aliphatic heterocycles. The van der Waals surface area contributed by atoms with Crippen molar-refractivity contribution < 1.29 is 4.79 Å². The number of hydrazone groups is 1. The van der Waals surface area contributed by atoms with E-state index in [1.807, 2.05) is 79.7 Å². The molecule has 160 valence electrons. The molecule has 0 fully saturated rings. The number of hydrogen-bond donors (Lipinski definition) is 2. The van der Waals surface area contributed by atoms with Gasteiger partial charge in [0.25, 0.3) is 5.91 Å². The molecule has 4 aromatic rings. The summed E-state index contributed by atoms with van der Waals surface area (Å²) in [5.41, 5.74) is 6.47. The average Bonchev–Trinajstić information content (AvgIpc) is 2.85. The highest BCUT2D eigenvalue weighted by Gasteiger charge is 2.15. The second kappa shape index (κ2) is 9.58. The topological polar surface area (TPSA) is 104 Å². The van der Waals surface area contributed by atoms with Gasteiger partial charge in [0.15, 0.2) is 0 Å². The van der Waals surface area contributed by atoms with Gasteiger partial charge in [0.1, 0.15) is 0 Å². The Balaban J connectivity index is 1.62. The summed E-state index contributed by atoms with van der Waals surface area (Å²) < 4.78 is 0. The summed E-state index contributed by atoms with van der Waals surface area (Å²) in [6.07, 6.45) is 1.55. The van der Waals surface area contributed by atoms with Crippen LogP contribution in [0, 0.1) is 18.3 Å². The number of benzene rings is 3. The van der Waals surface area contributed by atoms with Gasteiger partial charge in [-0.25, -0.2) is 0 Å². The first-order chi connectivity index (χ1) is 16.1. The molecule has 0 saturated heterocycles. The Morgan fingerprint density at radius 2 is 1.79 bits per heavy atom. The van der Waals surface area contributed by atoms with Gasteiger partial charge in [0, 0.05) is 16.9 Å². The van der Waals surface area contributed by atoms with Crippen molar-refractivity contribution in [2.75, 3.05) is 5.32 Å². The number of amides is 1. The normalized spacial score (nSPS) is 10.7. The van der Waals surface area contributed by atoms with Gasteiger partial charge < -0.3 is 11.2 Å². The number of carbonyl (C=O) groups excluding carboxylic acids is 1. The molecule has 0 unspecified atom stereocenters. The van der Waals surface area contributed by atoms with Crippen molar-refractivity contribution in [2.24, 2.45) is 10.9 Å². The molecule has 1 aromatic heterocycles. The highest BCUT2D eigenvalue weighted by Crippen LogP contribution is 2.26. The zero-order valence-corrected chi connectivity index (χ0v) is 18.0. The molecule has 0 aliphatic carbocycles. The SMILES string of the molecule is Cc1ccc(C(=O)Nc2ccc(-c3ccccc3C#N)cc2)c(-c2cccc(C=NN)c2)n1. The number of rotatable bonds is 5. The van der Waals surface area contributed by atoms with Crippen LogP contribution in [0.5, 0.6) is 0 Å². The fourth-order valence-electron chi connectivity index (χ4n) is 3.58. The van der Waals surface area contributed by atoms with Crippen molar-refractivity contribution in [3.8, 4) is 28.5 Å². The number of nitrogens with zero attached hydrogens (tertiary/aromatic N) is 3. The molecular formula is C27H21N5O. The van der Waals surface area contributed by atoms with Crippen molar-refractivity contribution in [3.05, 3.63) is 107 Å². The number of anilines is 1. The molecule has 4 rings (SSSR count). The molecule has 1 heterocycles. The Morgan fingerprint density at radius 3 is 2.55 bits per heavy atom. The lowest BCUT2D eigenvalue weighted by molar-refractivity contribution is 0.102. The summed E-state index contributed by atoms with van der Waals surface area (Å²) >= 11 is 0. The number of aryl methyl sites for hydroxylation is 1. The number of pyridine rings is 1. The number of nitrogens with one attached hydrogen (secondary N) is 1. The Bertz CT molecular complexity index is 1380. The van der Waals surface area contributed by atoms with E-state index in [2.05, 4.69) is 21.5 Å². The Labute approximate surface area is 192 Å². The largest absolute Gasteiger partial charge is 0.323 e. The van der Waals surface area contributed by atoms with Crippen LogP contribution in [-0.4, -0.2) is 17.1 Å². The predicted octanol–water partition coefficient (Wildman–Crippen LogP) is 5.14. The molecule has 6 nitrogen and oxygen atoms in total. The number of hydrogen-bond acceptors (Lipinski definition) is 5. The molecule has 0 atom stereocenters. The van der Waals surface area contributed by atoms with E-state index in [0.29, 0.717) is 22.5 Å². The van der Waals surface area contributed by atoms with Crippen LogP contribution < -0.4 is 11.2 Å². The standard InChI is InChI=1S/C27H21N5O/c1-18-9-14-25(26(31-18)21-7-4-5-19(15-21)17-30-29)27(33)32-23-12-10-20(11-13-23)24-8-3-2-6-22(24)16-28/h2-15,17H,29H2,1H3,(H,32,33). The molecule has 3 N–H and O–H groups in total. The van der Waals surface area contributed by atoms with E-state index < -0.39 is 0 Å². The minimum absolute atomic E-state index is 0.263. The van der Waals surface area contributed by atoms with Crippen molar-refractivity contribution in [1.82, 2.24) is 4.98 Å². The molecule has 0 saturated carbocycles. The van der Waals surface area contributed by atoms with Crippen molar-refractivity contribution >= 4 is 17.8 Å². The third-order valence-corrected chi connectivity index (χ3v) is 5.16. The van der Waals surface area contributed by atoms with Gasteiger partial charge in [-0.15, -0.1) is 0 Å². The minimum atomic E-state index is -0.263. The number of carbonyl (C=O) groups is 1. The third kappa shape index (κ3) is 4.78. The first-order valence-corrected chi connectivity index (χ1v) is 10.3. The Kier molecular flexibility index (Phi) is 6.24. The zero-order chi connectivity index (χ0) is 23.2. The summed E-state index contributed by atoms with van der Waals surface area (Å²) in [7, 11) is 0. The summed E-state index contributed by atoms with van der Waals surface area (Å²) in [6.45, 7) is 1.88. The van der Waals surface area contributed by atoms with E-state index in [-0.39, 0.29) is 5.91 Å². The molecule has 3 aromatic carbocycles. The quantitative estimate of drug-likeness (QED) is 0.259. The third-order valence-electron chi connectivity index (χ3n) is 5.16. The first kappa shape index (κ1) is 21.5. The highest BCUT2D eigenvalue weighted by molar-refractivity contribution is 6.08. The van der Waals surface area contributed by atoms with Gasteiger partial charge >= 0.3 is 0 Å². The van der Waals surface area contributed by atoms with E-state index in [1.54, 1.807) is 18.3 Å². The van der Waals surface area contributed by atoms with Crippen LogP contribution in [0.1, 0.15) is 27.2 Å². The van der Waals surface area contributed by atoms with Crippen LogP contribution in [0.3, 0.4) is 0 Å². The Morgan fingerprint density at radius 1 is 1.00 bits per heavy atom. The maximum absolute atomic E-state index is 13.1. The molecule has 0 spiro atoms. The van der Waals surface area contributed by atoms with Crippen molar-refractivity contribution in [2.45, 2.75) is 6.92 Å². The van der Waals surface area contributed by atoms with Gasteiger partial charge in [0.2, 0.25) is 0 Å². The summed E-state index contributed by atoms with van der Waals surface area (Å²) in [6, 6.07) is 28.1. The van der Waals surface area contributed by atoms with Gasteiger partial charge in [0.05, 0.1) is 29.1 Å². The number of nitriles is 1. The van der Waals surface area contributed by atoms with E-state index >= 15 is 0 Å². The van der Waals surface area contributed by atoms with Gasteiger partial charge in [-0.1, -0.05) is 48.5 Å². The lowest BCUT2D eigenvalue weighted by Crippen LogP contribution is -2.14. The minimum Gasteiger partial charge on any atom is -0.323 e. The lowest BCUT2D eigenvalue weighted by atomic mass is 10.00.